The number of carboxylic acid groups (broad SMARTS) is 1. The molecule has 1 aromatic carbocycles. The zero-order valence-corrected chi connectivity index (χ0v) is 13.0. The van der Waals surface area contributed by atoms with Crippen molar-refractivity contribution >= 4 is 11.9 Å². The van der Waals surface area contributed by atoms with Crippen molar-refractivity contribution in [2.24, 2.45) is 5.41 Å². The van der Waals surface area contributed by atoms with Crippen molar-refractivity contribution in [3.05, 3.63) is 35.9 Å². The number of amides is 1. The number of carboxylic acids is 1. The SMILES string of the molecule is CC1(C(=O)O)CCN(C(=O)CCCOCc2ccccc2)C1. The van der Waals surface area contributed by atoms with Gasteiger partial charge in [-0.3, -0.25) is 9.59 Å². The third-order valence-electron chi connectivity index (χ3n) is 4.13. The van der Waals surface area contributed by atoms with Crippen LogP contribution in [-0.2, 0) is 20.9 Å². The van der Waals surface area contributed by atoms with E-state index in [1.165, 1.54) is 0 Å². The number of carbonyl (C=O) groups excluding carboxylic acids is 1. The molecule has 1 heterocycles. The second kappa shape index (κ2) is 7.40. The van der Waals surface area contributed by atoms with E-state index in [1.54, 1.807) is 11.8 Å². The number of ether oxygens (including phenoxy) is 1. The summed E-state index contributed by atoms with van der Waals surface area (Å²) >= 11 is 0. The highest BCUT2D eigenvalue weighted by Crippen LogP contribution is 2.30. The molecule has 1 aliphatic heterocycles. The summed E-state index contributed by atoms with van der Waals surface area (Å²) in [6.45, 7) is 3.63. The van der Waals surface area contributed by atoms with Gasteiger partial charge in [0, 0.05) is 26.1 Å². The lowest BCUT2D eigenvalue weighted by Crippen LogP contribution is -2.34. The predicted molar refractivity (Wildman–Crippen MR) is 82.3 cm³/mol. The fourth-order valence-electron chi connectivity index (χ4n) is 2.60. The Bertz CT molecular complexity index is 517. The standard InChI is InChI=1S/C17H23NO4/c1-17(16(20)21)9-10-18(13-17)15(19)8-5-11-22-12-14-6-3-2-4-7-14/h2-4,6-7H,5,8-13H2,1H3,(H,20,21). The summed E-state index contributed by atoms with van der Waals surface area (Å²) < 4.78 is 5.55. The van der Waals surface area contributed by atoms with Gasteiger partial charge in [-0.25, -0.2) is 0 Å². The van der Waals surface area contributed by atoms with Crippen LogP contribution >= 0.6 is 0 Å². The fourth-order valence-corrected chi connectivity index (χ4v) is 2.60. The van der Waals surface area contributed by atoms with E-state index in [-0.39, 0.29) is 5.91 Å². The molecule has 22 heavy (non-hydrogen) atoms. The lowest BCUT2D eigenvalue weighted by molar-refractivity contribution is -0.147. The molecule has 1 fully saturated rings. The van der Waals surface area contributed by atoms with Crippen LogP contribution in [0.2, 0.25) is 0 Å². The lowest BCUT2D eigenvalue weighted by Gasteiger charge is -2.20. The number of hydrogen-bond donors (Lipinski definition) is 1. The molecule has 1 saturated heterocycles. The van der Waals surface area contributed by atoms with E-state index in [1.807, 2.05) is 30.3 Å². The molecule has 1 aromatic rings. The van der Waals surface area contributed by atoms with Crippen LogP contribution in [0.4, 0.5) is 0 Å². The first kappa shape index (κ1) is 16.5. The quantitative estimate of drug-likeness (QED) is 0.785. The van der Waals surface area contributed by atoms with Crippen LogP contribution in [0.25, 0.3) is 0 Å². The molecule has 5 heteroatoms. The monoisotopic (exact) mass is 305 g/mol. The van der Waals surface area contributed by atoms with Gasteiger partial charge in [0.25, 0.3) is 0 Å². The van der Waals surface area contributed by atoms with Gasteiger partial charge in [0.2, 0.25) is 5.91 Å². The Morgan fingerprint density at radius 2 is 2.05 bits per heavy atom. The first-order chi connectivity index (χ1) is 10.5. The molecule has 0 aliphatic carbocycles. The van der Waals surface area contributed by atoms with Gasteiger partial charge in [-0.2, -0.15) is 0 Å². The van der Waals surface area contributed by atoms with Crippen LogP contribution in [0.3, 0.4) is 0 Å². The third kappa shape index (κ3) is 4.31. The van der Waals surface area contributed by atoms with E-state index in [4.69, 9.17) is 9.84 Å². The van der Waals surface area contributed by atoms with Crippen molar-refractivity contribution in [3.63, 3.8) is 0 Å². The smallest absolute Gasteiger partial charge is 0.311 e. The van der Waals surface area contributed by atoms with Gasteiger partial charge < -0.3 is 14.7 Å². The molecule has 1 unspecified atom stereocenters. The zero-order chi connectivity index (χ0) is 16.0. The summed E-state index contributed by atoms with van der Waals surface area (Å²) in [7, 11) is 0. The highest BCUT2D eigenvalue weighted by atomic mass is 16.5. The maximum Gasteiger partial charge on any atom is 0.311 e. The van der Waals surface area contributed by atoms with Gasteiger partial charge in [-0.05, 0) is 25.3 Å². The third-order valence-corrected chi connectivity index (χ3v) is 4.13. The number of carbonyl (C=O) groups is 2. The van der Waals surface area contributed by atoms with Crippen molar-refractivity contribution in [2.45, 2.75) is 32.8 Å². The van der Waals surface area contributed by atoms with Crippen molar-refractivity contribution in [2.75, 3.05) is 19.7 Å². The zero-order valence-electron chi connectivity index (χ0n) is 13.0. The molecule has 1 atom stereocenters. The number of rotatable bonds is 7. The number of likely N-dealkylation sites (tertiary alicyclic amines) is 1. The number of hydrogen-bond acceptors (Lipinski definition) is 3. The molecule has 0 radical (unpaired) electrons. The minimum absolute atomic E-state index is 0.0216. The van der Waals surface area contributed by atoms with Gasteiger partial charge in [-0.15, -0.1) is 0 Å². The van der Waals surface area contributed by atoms with E-state index in [9.17, 15) is 9.59 Å². The Balaban J connectivity index is 1.63. The predicted octanol–water partition coefficient (Wildman–Crippen LogP) is 2.31. The van der Waals surface area contributed by atoms with Crippen LogP contribution in [-0.4, -0.2) is 41.6 Å². The van der Waals surface area contributed by atoms with Crippen LogP contribution in [0, 0.1) is 5.41 Å². The van der Waals surface area contributed by atoms with Gasteiger partial charge in [0.1, 0.15) is 0 Å². The summed E-state index contributed by atoms with van der Waals surface area (Å²) in [5, 5.41) is 9.17. The average Bonchev–Trinajstić information content (AvgIpc) is 2.92. The Hall–Kier alpha value is -1.88. The van der Waals surface area contributed by atoms with Gasteiger partial charge in [0.05, 0.1) is 12.0 Å². The molecule has 2 rings (SSSR count). The molecule has 5 nitrogen and oxygen atoms in total. The normalized spacial score (nSPS) is 21.0. The van der Waals surface area contributed by atoms with Crippen molar-refractivity contribution in [3.8, 4) is 0 Å². The molecule has 1 N–H and O–H groups in total. The fraction of sp³-hybridized carbons (Fsp3) is 0.529. The molecule has 1 amide bonds. The largest absolute Gasteiger partial charge is 0.481 e. The number of nitrogens with zero attached hydrogens (tertiary/aromatic N) is 1. The molecule has 0 spiro atoms. The molecule has 0 saturated carbocycles. The topological polar surface area (TPSA) is 66.8 Å². The van der Waals surface area contributed by atoms with E-state index >= 15 is 0 Å². The number of aliphatic carboxylic acids is 1. The Morgan fingerprint density at radius 3 is 2.68 bits per heavy atom. The highest BCUT2D eigenvalue weighted by Gasteiger charge is 2.41. The maximum atomic E-state index is 12.1. The van der Waals surface area contributed by atoms with Crippen LogP contribution in [0.5, 0.6) is 0 Å². The van der Waals surface area contributed by atoms with E-state index in [0.29, 0.717) is 45.6 Å². The molecular weight excluding hydrogens is 282 g/mol. The van der Waals surface area contributed by atoms with Gasteiger partial charge >= 0.3 is 5.97 Å². The van der Waals surface area contributed by atoms with Gasteiger partial charge in [-0.1, -0.05) is 30.3 Å². The summed E-state index contributed by atoms with van der Waals surface area (Å²) in [5.41, 5.74) is 0.324. The van der Waals surface area contributed by atoms with Crippen molar-refractivity contribution in [1.29, 1.82) is 0 Å². The lowest BCUT2D eigenvalue weighted by atomic mass is 9.90. The second-order valence-corrected chi connectivity index (χ2v) is 6.07. The summed E-state index contributed by atoms with van der Waals surface area (Å²) in [6.07, 6.45) is 1.59. The highest BCUT2D eigenvalue weighted by molar-refractivity contribution is 5.80. The second-order valence-electron chi connectivity index (χ2n) is 6.07. The van der Waals surface area contributed by atoms with Crippen LogP contribution in [0.15, 0.2) is 30.3 Å². The average molecular weight is 305 g/mol. The van der Waals surface area contributed by atoms with Crippen molar-refractivity contribution < 1.29 is 19.4 Å². The molecule has 120 valence electrons. The van der Waals surface area contributed by atoms with E-state index < -0.39 is 11.4 Å². The first-order valence-corrected chi connectivity index (χ1v) is 7.64. The minimum Gasteiger partial charge on any atom is -0.481 e. The van der Waals surface area contributed by atoms with E-state index in [2.05, 4.69) is 0 Å². The Morgan fingerprint density at radius 1 is 1.32 bits per heavy atom. The van der Waals surface area contributed by atoms with Crippen LogP contribution in [0.1, 0.15) is 31.7 Å². The number of benzene rings is 1. The Kier molecular flexibility index (Phi) is 5.55. The summed E-state index contributed by atoms with van der Waals surface area (Å²) in [5.74, 6) is -0.803. The van der Waals surface area contributed by atoms with Crippen LogP contribution < -0.4 is 0 Å². The molecular formula is C17H23NO4. The van der Waals surface area contributed by atoms with Gasteiger partial charge in [0.15, 0.2) is 0 Å². The minimum atomic E-state index is -0.825. The molecule has 0 aromatic heterocycles. The molecule has 0 bridgehead atoms. The Labute approximate surface area is 130 Å². The summed E-state index contributed by atoms with van der Waals surface area (Å²) in [4.78, 5) is 24.9. The summed E-state index contributed by atoms with van der Waals surface area (Å²) in [6, 6.07) is 9.90. The maximum absolute atomic E-state index is 12.1. The van der Waals surface area contributed by atoms with Crippen molar-refractivity contribution in [1.82, 2.24) is 4.90 Å². The first-order valence-electron chi connectivity index (χ1n) is 7.64. The van der Waals surface area contributed by atoms with E-state index in [0.717, 1.165) is 5.56 Å². The molecule has 1 aliphatic rings.